The summed E-state index contributed by atoms with van der Waals surface area (Å²) in [6.07, 6.45) is 0. The Hall–Kier alpha value is -3.33. The van der Waals surface area contributed by atoms with Gasteiger partial charge < -0.3 is 13.9 Å². The molecule has 0 aliphatic rings. The van der Waals surface area contributed by atoms with Crippen LogP contribution in [0.5, 0.6) is 11.5 Å². The van der Waals surface area contributed by atoms with Gasteiger partial charge in [0.2, 0.25) is 5.16 Å². The van der Waals surface area contributed by atoms with Crippen molar-refractivity contribution in [1.29, 1.82) is 0 Å². The highest BCUT2D eigenvalue weighted by atomic mass is 32.2. The number of aryl methyl sites for hydroxylation is 1. The first-order valence-corrected chi connectivity index (χ1v) is 9.74. The van der Waals surface area contributed by atoms with Gasteiger partial charge in [-0.05, 0) is 52.7 Å². The Morgan fingerprint density at radius 2 is 1.97 bits per heavy atom. The molecular weight excluding hydrogens is 392 g/mol. The predicted molar refractivity (Wildman–Crippen MR) is 109 cm³/mol. The molecule has 8 nitrogen and oxygen atoms in total. The predicted octanol–water partition coefficient (Wildman–Crippen LogP) is 3.39. The van der Waals surface area contributed by atoms with Gasteiger partial charge in [-0.25, -0.2) is 4.79 Å². The average Bonchev–Trinajstić information content (AvgIpc) is 3.19. The summed E-state index contributed by atoms with van der Waals surface area (Å²) in [5.74, 6) is 1.78. The maximum absolute atomic E-state index is 12.0. The van der Waals surface area contributed by atoms with E-state index in [1.165, 1.54) is 17.8 Å². The number of nitrogens with zero attached hydrogens (tertiary/aromatic N) is 4. The quantitative estimate of drug-likeness (QED) is 0.353. The van der Waals surface area contributed by atoms with Crippen LogP contribution in [0.2, 0.25) is 0 Å². The van der Waals surface area contributed by atoms with Crippen molar-refractivity contribution in [1.82, 2.24) is 20.2 Å². The molecule has 148 valence electrons. The van der Waals surface area contributed by atoms with Gasteiger partial charge in [0.05, 0.1) is 14.2 Å². The minimum atomic E-state index is -0.415. The number of methoxy groups -OCH3 is 2. The van der Waals surface area contributed by atoms with E-state index in [-0.39, 0.29) is 0 Å². The van der Waals surface area contributed by atoms with Crippen LogP contribution in [0.25, 0.3) is 16.7 Å². The first-order chi connectivity index (χ1) is 14.1. The minimum absolute atomic E-state index is 0.415. The van der Waals surface area contributed by atoms with Crippen LogP contribution < -0.4 is 15.1 Å². The maximum Gasteiger partial charge on any atom is 0.336 e. The van der Waals surface area contributed by atoms with Crippen LogP contribution in [0, 0.1) is 6.92 Å². The standard InChI is InChI=1S/C20H18N4O4S/c1-12-4-7-17(27-3)16(8-12)24-20(21-22-23-24)29-11-13-9-19(25)28-18-10-14(26-2)5-6-15(13)18/h4-10H,11H2,1-3H3. The minimum Gasteiger partial charge on any atom is -0.497 e. The van der Waals surface area contributed by atoms with Crippen LogP contribution >= 0.6 is 11.8 Å². The van der Waals surface area contributed by atoms with Crippen LogP contribution in [-0.4, -0.2) is 34.4 Å². The number of benzene rings is 2. The lowest BCUT2D eigenvalue weighted by molar-refractivity contribution is 0.410. The molecule has 4 aromatic rings. The molecule has 0 unspecified atom stereocenters. The van der Waals surface area contributed by atoms with E-state index in [0.29, 0.717) is 28.0 Å². The Balaban J connectivity index is 1.68. The fraction of sp³-hybridized carbons (Fsp3) is 0.200. The molecule has 9 heteroatoms. The Morgan fingerprint density at radius 1 is 1.10 bits per heavy atom. The van der Waals surface area contributed by atoms with Gasteiger partial charge in [0, 0.05) is 23.3 Å². The van der Waals surface area contributed by atoms with E-state index in [1.807, 2.05) is 37.3 Å². The number of hydrogen-bond donors (Lipinski definition) is 0. The van der Waals surface area contributed by atoms with Crippen molar-refractivity contribution in [3.05, 3.63) is 64.0 Å². The average molecular weight is 410 g/mol. The molecule has 0 N–H and O–H groups in total. The normalized spacial score (nSPS) is 11.0. The van der Waals surface area contributed by atoms with Crippen molar-refractivity contribution in [3.8, 4) is 17.2 Å². The van der Waals surface area contributed by atoms with Crippen LogP contribution in [0.4, 0.5) is 0 Å². The molecule has 2 aromatic carbocycles. The smallest absolute Gasteiger partial charge is 0.336 e. The summed E-state index contributed by atoms with van der Waals surface area (Å²) in [5.41, 5.74) is 2.71. The third kappa shape index (κ3) is 3.81. The molecule has 0 saturated heterocycles. The summed E-state index contributed by atoms with van der Waals surface area (Å²) in [6.45, 7) is 1.99. The molecular formula is C20H18N4O4S. The second kappa shape index (κ2) is 7.96. The van der Waals surface area contributed by atoms with Crippen LogP contribution in [-0.2, 0) is 5.75 Å². The van der Waals surface area contributed by atoms with Gasteiger partial charge in [-0.2, -0.15) is 4.68 Å². The lowest BCUT2D eigenvalue weighted by atomic mass is 10.1. The van der Waals surface area contributed by atoms with E-state index < -0.39 is 5.63 Å². The van der Waals surface area contributed by atoms with Crippen molar-refractivity contribution >= 4 is 22.7 Å². The highest BCUT2D eigenvalue weighted by Crippen LogP contribution is 2.30. The number of fused-ring (bicyclic) bond motifs is 1. The van der Waals surface area contributed by atoms with Crippen molar-refractivity contribution in [2.75, 3.05) is 14.2 Å². The van der Waals surface area contributed by atoms with Gasteiger partial charge >= 0.3 is 5.63 Å². The molecule has 0 fully saturated rings. The lowest BCUT2D eigenvalue weighted by Crippen LogP contribution is -2.03. The number of hydrogen-bond acceptors (Lipinski definition) is 8. The molecule has 2 heterocycles. The Morgan fingerprint density at radius 3 is 2.76 bits per heavy atom. The van der Waals surface area contributed by atoms with E-state index in [1.54, 1.807) is 25.0 Å². The van der Waals surface area contributed by atoms with Crippen LogP contribution in [0.1, 0.15) is 11.1 Å². The Labute approximate surface area is 170 Å². The second-order valence-corrected chi connectivity index (χ2v) is 7.23. The van der Waals surface area contributed by atoms with Gasteiger partial charge in [0.15, 0.2) is 0 Å². The third-order valence-corrected chi connectivity index (χ3v) is 5.37. The number of aromatic nitrogens is 4. The van der Waals surface area contributed by atoms with Crippen LogP contribution in [0.3, 0.4) is 0 Å². The molecule has 0 aliphatic carbocycles. The molecule has 0 aliphatic heterocycles. The van der Waals surface area contributed by atoms with Crippen molar-refractivity contribution in [3.63, 3.8) is 0 Å². The van der Waals surface area contributed by atoms with Crippen molar-refractivity contribution < 1.29 is 13.9 Å². The van der Waals surface area contributed by atoms with E-state index in [9.17, 15) is 4.79 Å². The number of ether oxygens (including phenoxy) is 2. The third-order valence-electron chi connectivity index (χ3n) is 4.40. The lowest BCUT2D eigenvalue weighted by Gasteiger charge is -2.10. The molecule has 0 atom stereocenters. The molecule has 0 amide bonds. The summed E-state index contributed by atoms with van der Waals surface area (Å²) in [5, 5.41) is 13.5. The monoisotopic (exact) mass is 410 g/mol. The molecule has 0 saturated carbocycles. The van der Waals surface area contributed by atoms with Gasteiger partial charge in [0.25, 0.3) is 0 Å². The first kappa shape index (κ1) is 19.0. The van der Waals surface area contributed by atoms with Crippen molar-refractivity contribution in [2.24, 2.45) is 0 Å². The summed E-state index contributed by atoms with van der Waals surface area (Å²) in [7, 11) is 3.17. The van der Waals surface area contributed by atoms with Gasteiger partial charge in [-0.15, -0.1) is 5.10 Å². The molecule has 29 heavy (non-hydrogen) atoms. The zero-order valence-electron chi connectivity index (χ0n) is 16.1. The second-order valence-electron chi connectivity index (χ2n) is 6.29. The Kier molecular flexibility index (Phi) is 5.22. The highest BCUT2D eigenvalue weighted by Gasteiger charge is 2.15. The topological polar surface area (TPSA) is 92.3 Å². The van der Waals surface area contributed by atoms with E-state index in [2.05, 4.69) is 15.5 Å². The van der Waals surface area contributed by atoms with Crippen LogP contribution in [0.15, 0.2) is 56.8 Å². The Bertz CT molecular complexity index is 1230. The zero-order chi connectivity index (χ0) is 20.4. The molecule has 2 aromatic heterocycles. The van der Waals surface area contributed by atoms with E-state index in [4.69, 9.17) is 13.9 Å². The SMILES string of the molecule is COc1ccc2c(CSc3nnnn3-c3cc(C)ccc3OC)cc(=O)oc2c1. The van der Waals surface area contributed by atoms with Gasteiger partial charge in [0.1, 0.15) is 22.8 Å². The number of thioether (sulfide) groups is 1. The fourth-order valence-corrected chi connectivity index (χ4v) is 3.86. The van der Waals surface area contributed by atoms with Gasteiger partial charge in [-0.1, -0.05) is 17.8 Å². The van der Waals surface area contributed by atoms with E-state index in [0.717, 1.165) is 22.2 Å². The number of rotatable bonds is 6. The summed E-state index contributed by atoms with van der Waals surface area (Å²) in [4.78, 5) is 12.0. The first-order valence-electron chi connectivity index (χ1n) is 8.76. The molecule has 0 radical (unpaired) electrons. The largest absolute Gasteiger partial charge is 0.497 e. The summed E-state index contributed by atoms with van der Waals surface area (Å²) in [6, 6.07) is 12.7. The summed E-state index contributed by atoms with van der Waals surface area (Å²) < 4.78 is 17.6. The molecule has 4 rings (SSSR count). The van der Waals surface area contributed by atoms with Crippen molar-refractivity contribution in [2.45, 2.75) is 17.8 Å². The maximum atomic E-state index is 12.0. The fourth-order valence-electron chi connectivity index (χ4n) is 2.98. The number of tetrazole rings is 1. The molecule has 0 spiro atoms. The van der Waals surface area contributed by atoms with Gasteiger partial charge in [-0.3, -0.25) is 0 Å². The zero-order valence-corrected chi connectivity index (χ0v) is 16.9. The summed E-state index contributed by atoms with van der Waals surface area (Å²) >= 11 is 1.42. The van der Waals surface area contributed by atoms with E-state index >= 15 is 0 Å². The highest BCUT2D eigenvalue weighted by molar-refractivity contribution is 7.98. The molecule has 0 bridgehead atoms.